The van der Waals surface area contributed by atoms with Crippen molar-refractivity contribution in [2.24, 2.45) is 10.9 Å². The number of nitrogens with one attached hydrogen (secondary N) is 1. The SMILES string of the molecule is CN(CC1CC1)C1=NC(=Cc2ccc3c(c2)OCCO3)C(=O)N1. The standard InChI is InChI=1S/C17H19N3O3/c1-20(10-11-2-3-11)17-18-13(16(21)19-17)8-12-4-5-14-15(9-12)23-7-6-22-14/h4-5,8-9,11H,2-3,6-7,10H2,1H3,(H,18,19,21). The Morgan fingerprint density at radius 1 is 1.30 bits per heavy atom. The monoisotopic (exact) mass is 313 g/mol. The maximum absolute atomic E-state index is 12.1. The Labute approximate surface area is 134 Å². The summed E-state index contributed by atoms with van der Waals surface area (Å²) in [5.41, 5.74) is 1.29. The topological polar surface area (TPSA) is 63.2 Å². The molecule has 4 rings (SSSR count). The molecule has 6 nitrogen and oxygen atoms in total. The zero-order valence-corrected chi connectivity index (χ0v) is 13.0. The summed E-state index contributed by atoms with van der Waals surface area (Å²) in [5.74, 6) is 2.65. The highest BCUT2D eigenvalue weighted by Gasteiger charge is 2.28. The van der Waals surface area contributed by atoms with Crippen molar-refractivity contribution in [2.45, 2.75) is 12.8 Å². The van der Waals surface area contributed by atoms with Gasteiger partial charge in [-0.15, -0.1) is 0 Å². The van der Waals surface area contributed by atoms with Crippen molar-refractivity contribution in [3.63, 3.8) is 0 Å². The Morgan fingerprint density at radius 2 is 2.09 bits per heavy atom. The summed E-state index contributed by atoms with van der Waals surface area (Å²) in [6.45, 7) is 2.05. The Balaban J connectivity index is 1.55. The third kappa shape index (κ3) is 3.02. The molecule has 0 atom stereocenters. The number of amides is 1. The lowest BCUT2D eigenvalue weighted by atomic mass is 10.1. The van der Waals surface area contributed by atoms with Crippen LogP contribution >= 0.6 is 0 Å². The summed E-state index contributed by atoms with van der Waals surface area (Å²) < 4.78 is 11.1. The van der Waals surface area contributed by atoms with E-state index in [4.69, 9.17) is 9.47 Å². The molecule has 1 aromatic rings. The van der Waals surface area contributed by atoms with Gasteiger partial charge in [0.2, 0.25) is 5.96 Å². The van der Waals surface area contributed by atoms with Gasteiger partial charge in [-0.2, -0.15) is 0 Å². The molecule has 0 bridgehead atoms. The van der Waals surface area contributed by atoms with E-state index in [1.165, 1.54) is 12.8 Å². The highest BCUT2D eigenvalue weighted by molar-refractivity contribution is 6.13. The van der Waals surface area contributed by atoms with Gasteiger partial charge in [0.1, 0.15) is 18.9 Å². The van der Waals surface area contributed by atoms with E-state index < -0.39 is 0 Å². The number of ether oxygens (including phenoxy) is 2. The van der Waals surface area contributed by atoms with Crippen LogP contribution in [0.3, 0.4) is 0 Å². The first kappa shape index (κ1) is 14.1. The lowest BCUT2D eigenvalue weighted by Gasteiger charge is -2.18. The van der Waals surface area contributed by atoms with Gasteiger partial charge in [-0.1, -0.05) is 6.07 Å². The lowest BCUT2D eigenvalue weighted by molar-refractivity contribution is -0.115. The lowest BCUT2D eigenvalue weighted by Crippen LogP contribution is -2.38. The summed E-state index contributed by atoms with van der Waals surface area (Å²) in [7, 11) is 1.96. The van der Waals surface area contributed by atoms with E-state index in [1.807, 2.05) is 30.1 Å². The molecular weight excluding hydrogens is 294 g/mol. The van der Waals surface area contributed by atoms with Crippen molar-refractivity contribution in [3.05, 3.63) is 29.5 Å². The van der Waals surface area contributed by atoms with Gasteiger partial charge in [-0.25, -0.2) is 4.99 Å². The van der Waals surface area contributed by atoms with Crippen molar-refractivity contribution in [1.29, 1.82) is 0 Å². The summed E-state index contributed by atoms with van der Waals surface area (Å²) >= 11 is 0. The summed E-state index contributed by atoms with van der Waals surface area (Å²) in [5, 5.41) is 2.83. The Hall–Kier alpha value is -2.50. The van der Waals surface area contributed by atoms with Crippen molar-refractivity contribution in [1.82, 2.24) is 10.2 Å². The molecule has 1 fully saturated rings. The average Bonchev–Trinajstić information content (AvgIpc) is 3.30. The number of aliphatic imine (C=N–C) groups is 1. The van der Waals surface area contributed by atoms with Crippen LogP contribution in [0.15, 0.2) is 28.9 Å². The third-order valence-electron chi connectivity index (χ3n) is 4.14. The molecule has 1 aliphatic carbocycles. The van der Waals surface area contributed by atoms with Crippen LogP contribution in [0, 0.1) is 5.92 Å². The molecule has 1 amide bonds. The molecular formula is C17H19N3O3. The molecule has 0 aromatic heterocycles. The highest BCUT2D eigenvalue weighted by Crippen LogP contribution is 2.32. The van der Waals surface area contributed by atoms with E-state index in [9.17, 15) is 4.79 Å². The van der Waals surface area contributed by atoms with E-state index >= 15 is 0 Å². The fraction of sp³-hybridized carbons (Fsp3) is 0.412. The van der Waals surface area contributed by atoms with Gasteiger partial charge in [0.25, 0.3) is 5.91 Å². The molecule has 0 saturated heterocycles. The maximum Gasteiger partial charge on any atom is 0.276 e. The number of benzene rings is 1. The largest absolute Gasteiger partial charge is 0.486 e. The maximum atomic E-state index is 12.1. The van der Waals surface area contributed by atoms with Crippen molar-refractivity contribution >= 4 is 17.9 Å². The molecule has 2 aliphatic heterocycles. The minimum Gasteiger partial charge on any atom is -0.486 e. The molecule has 1 aromatic carbocycles. The normalized spacial score (nSPS) is 21.2. The number of carbonyl (C=O) groups excluding carboxylic acids is 1. The fourth-order valence-corrected chi connectivity index (χ4v) is 2.72. The number of guanidine groups is 1. The number of nitrogens with zero attached hydrogens (tertiary/aromatic N) is 2. The van der Waals surface area contributed by atoms with Crippen LogP contribution in [0.1, 0.15) is 18.4 Å². The number of carbonyl (C=O) groups is 1. The number of rotatable bonds is 3. The van der Waals surface area contributed by atoms with E-state index in [0.29, 0.717) is 30.6 Å². The molecule has 6 heteroatoms. The Morgan fingerprint density at radius 3 is 2.87 bits per heavy atom. The van der Waals surface area contributed by atoms with E-state index in [-0.39, 0.29) is 5.91 Å². The zero-order chi connectivity index (χ0) is 15.8. The van der Waals surface area contributed by atoms with Crippen molar-refractivity contribution in [2.75, 3.05) is 26.8 Å². The second kappa shape index (κ2) is 5.61. The van der Waals surface area contributed by atoms with Crippen LogP contribution in [-0.2, 0) is 4.79 Å². The Kier molecular flexibility index (Phi) is 3.44. The quantitative estimate of drug-likeness (QED) is 0.862. The zero-order valence-electron chi connectivity index (χ0n) is 13.0. The molecule has 1 N–H and O–H groups in total. The molecule has 0 radical (unpaired) electrons. The van der Waals surface area contributed by atoms with Crippen LogP contribution in [0.4, 0.5) is 0 Å². The third-order valence-corrected chi connectivity index (χ3v) is 4.14. The Bertz CT molecular complexity index is 707. The predicted molar refractivity (Wildman–Crippen MR) is 86.3 cm³/mol. The number of hydrogen-bond acceptors (Lipinski definition) is 5. The summed E-state index contributed by atoms with van der Waals surface area (Å²) in [6.07, 6.45) is 4.31. The van der Waals surface area contributed by atoms with Gasteiger partial charge in [0.05, 0.1) is 0 Å². The van der Waals surface area contributed by atoms with Gasteiger partial charge >= 0.3 is 0 Å². The molecule has 0 spiro atoms. The fourth-order valence-electron chi connectivity index (χ4n) is 2.72. The average molecular weight is 313 g/mol. The first-order valence-electron chi connectivity index (χ1n) is 7.91. The van der Waals surface area contributed by atoms with Crippen molar-refractivity contribution < 1.29 is 14.3 Å². The van der Waals surface area contributed by atoms with Crippen LogP contribution in [0.5, 0.6) is 11.5 Å². The molecule has 2 heterocycles. The van der Waals surface area contributed by atoms with Gasteiger partial charge in [-0.3, -0.25) is 10.1 Å². The van der Waals surface area contributed by atoms with Crippen LogP contribution < -0.4 is 14.8 Å². The molecule has 0 unspecified atom stereocenters. The van der Waals surface area contributed by atoms with Crippen LogP contribution in [-0.4, -0.2) is 43.6 Å². The summed E-state index contributed by atoms with van der Waals surface area (Å²) in [6, 6.07) is 5.63. The van der Waals surface area contributed by atoms with E-state index in [1.54, 1.807) is 6.08 Å². The second-order valence-electron chi connectivity index (χ2n) is 6.15. The van der Waals surface area contributed by atoms with E-state index in [2.05, 4.69) is 10.3 Å². The molecule has 1 saturated carbocycles. The predicted octanol–water partition coefficient (Wildman–Crippen LogP) is 1.63. The van der Waals surface area contributed by atoms with Gasteiger partial charge < -0.3 is 14.4 Å². The van der Waals surface area contributed by atoms with Crippen molar-refractivity contribution in [3.8, 4) is 11.5 Å². The van der Waals surface area contributed by atoms with Gasteiger partial charge in [0, 0.05) is 13.6 Å². The highest BCUT2D eigenvalue weighted by atomic mass is 16.6. The number of fused-ring (bicyclic) bond motifs is 1. The van der Waals surface area contributed by atoms with Gasteiger partial charge in [0.15, 0.2) is 11.5 Å². The molecule has 23 heavy (non-hydrogen) atoms. The van der Waals surface area contributed by atoms with Gasteiger partial charge in [-0.05, 0) is 42.5 Å². The smallest absolute Gasteiger partial charge is 0.276 e. The number of hydrogen-bond donors (Lipinski definition) is 1. The van der Waals surface area contributed by atoms with Crippen LogP contribution in [0.25, 0.3) is 6.08 Å². The first-order chi connectivity index (χ1) is 11.2. The minimum absolute atomic E-state index is 0.169. The minimum atomic E-state index is -0.169. The first-order valence-corrected chi connectivity index (χ1v) is 7.91. The second-order valence-corrected chi connectivity index (χ2v) is 6.15. The van der Waals surface area contributed by atoms with E-state index in [0.717, 1.165) is 23.8 Å². The molecule has 120 valence electrons. The summed E-state index contributed by atoms with van der Waals surface area (Å²) in [4.78, 5) is 18.5. The van der Waals surface area contributed by atoms with Crippen LogP contribution in [0.2, 0.25) is 0 Å². The molecule has 3 aliphatic rings.